The molecule has 0 atom stereocenters. The molecule has 1 amide bonds. The molecular formula is C13H11NO3. The van der Waals surface area contributed by atoms with Gasteiger partial charge in [-0.1, -0.05) is 24.3 Å². The maximum atomic E-state index is 11.8. The second-order valence-electron chi connectivity index (χ2n) is 3.49. The largest absolute Gasteiger partial charge is 0.504 e. The molecule has 0 fully saturated rings. The summed E-state index contributed by atoms with van der Waals surface area (Å²) in [5.41, 5.74) is 0.661. The van der Waals surface area contributed by atoms with E-state index in [4.69, 9.17) is 0 Å². The monoisotopic (exact) mass is 229 g/mol. The highest BCUT2D eigenvalue weighted by Crippen LogP contribution is 2.32. The lowest BCUT2D eigenvalue weighted by molar-refractivity contribution is 0.102. The number of hydrogen-bond acceptors (Lipinski definition) is 3. The van der Waals surface area contributed by atoms with Crippen LogP contribution in [0.15, 0.2) is 48.5 Å². The van der Waals surface area contributed by atoms with Crippen LogP contribution < -0.4 is 5.32 Å². The number of phenolic OH excluding ortho intramolecular Hbond substituents is 2. The fourth-order valence-electron chi connectivity index (χ4n) is 1.42. The van der Waals surface area contributed by atoms with E-state index in [9.17, 15) is 15.0 Å². The van der Waals surface area contributed by atoms with Gasteiger partial charge in [-0.25, -0.2) is 0 Å². The lowest BCUT2D eigenvalue weighted by Gasteiger charge is -2.07. The van der Waals surface area contributed by atoms with Gasteiger partial charge < -0.3 is 15.5 Å². The van der Waals surface area contributed by atoms with E-state index in [2.05, 4.69) is 5.32 Å². The molecular weight excluding hydrogens is 218 g/mol. The average molecular weight is 229 g/mol. The molecule has 3 N–H and O–H groups in total. The molecule has 0 saturated heterocycles. The Kier molecular flexibility index (Phi) is 2.96. The van der Waals surface area contributed by atoms with Crippen molar-refractivity contribution in [3.05, 3.63) is 54.1 Å². The summed E-state index contributed by atoms with van der Waals surface area (Å²) < 4.78 is 0. The predicted molar refractivity (Wildman–Crippen MR) is 64.2 cm³/mol. The molecule has 4 heteroatoms. The van der Waals surface area contributed by atoms with E-state index in [1.165, 1.54) is 18.2 Å². The number of hydrogen-bond donors (Lipinski definition) is 3. The van der Waals surface area contributed by atoms with Crippen LogP contribution in [-0.4, -0.2) is 16.1 Å². The standard InChI is InChI=1S/C13H11NO3/c15-11-8-4-7-10(12(11)16)14-13(17)9-5-2-1-3-6-9/h1-8,15-16H,(H,14,17). The molecule has 2 rings (SSSR count). The van der Waals surface area contributed by atoms with Crippen LogP contribution >= 0.6 is 0 Å². The topological polar surface area (TPSA) is 69.6 Å². The van der Waals surface area contributed by atoms with Crippen molar-refractivity contribution < 1.29 is 15.0 Å². The number of aromatic hydroxyl groups is 2. The quantitative estimate of drug-likeness (QED) is 0.692. The molecule has 4 nitrogen and oxygen atoms in total. The van der Waals surface area contributed by atoms with Gasteiger partial charge in [-0.3, -0.25) is 4.79 Å². The van der Waals surface area contributed by atoms with Crippen LogP contribution in [0.2, 0.25) is 0 Å². The highest BCUT2D eigenvalue weighted by molar-refractivity contribution is 6.05. The van der Waals surface area contributed by atoms with Gasteiger partial charge in [0.25, 0.3) is 5.91 Å². The third kappa shape index (κ3) is 2.36. The Morgan fingerprint density at radius 2 is 1.65 bits per heavy atom. The molecule has 0 saturated carbocycles. The van der Waals surface area contributed by atoms with E-state index in [0.29, 0.717) is 5.56 Å². The molecule has 2 aromatic carbocycles. The minimum absolute atomic E-state index is 0.179. The first-order valence-electron chi connectivity index (χ1n) is 5.06. The van der Waals surface area contributed by atoms with Crippen molar-refractivity contribution >= 4 is 11.6 Å². The highest BCUT2D eigenvalue weighted by Gasteiger charge is 2.10. The third-order valence-electron chi connectivity index (χ3n) is 2.30. The van der Waals surface area contributed by atoms with Crippen LogP contribution in [0.25, 0.3) is 0 Å². The van der Waals surface area contributed by atoms with E-state index >= 15 is 0 Å². The summed E-state index contributed by atoms with van der Waals surface area (Å²) in [5, 5.41) is 21.3. The summed E-state index contributed by atoms with van der Waals surface area (Å²) in [7, 11) is 0. The molecule has 0 heterocycles. The number of rotatable bonds is 2. The second-order valence-corrected chi connectivity index (χ2v) is 3.49. The van der Waals surface area contributed by atoms with Crippen molar-refractivity contribution in [3.63, 3.8) is 0 Å². The Hall–Kier alpha value is -2.49. The van der Waals surface area contributed by atoms with Gasteiger partial charge in [0.05, 0.1) is 5.69 Å². The van der Waals surface area contributed by atoms with Crippen LogP contribution in [-0.2, 0) is 0 Å². The van der Waals surface area contributed by atoms with Crippen molar-refractivity contribution in [3.8, 4) is 11.5 Å². The van der Waals surface area contributed by atoms with Gasteiger partial charge in [-0.05, 0) is 24.3 Å². The number of carbonyl (C=O) groups is 1. The second kappa shape index (κ2) is 4.57. The van der Waals surface area contributed by atoms with E-state index in [1.807, 2.05) is 6.07 Å². The van der Waals surface area contributed by atoms with Crippen LogP contribution in [0.1, 0.15) is 10.4 Å². The fraction of sp³-hybridized carbons (Fsp3) is 0. The number of anilines is 1. The molecule has 0 radical (unpaired) electrons. The number of nitrogens with one attached hydrogen (secondary N) is 1. The van der Waals surface area contributed by atoms with E-state index < -0.39 is 0 Å². The van der Waals surface area contributed by atoms with E-state index in [1.54, 1.807) is 24.3 Å². The minimum Gasteiger partial charge on any atom is -0.504 e. The molecule has 2 aromatic rings. The number of amides is 1. The average Bonchev–Trinajstić information content (AvgIpc) is 2.36. The highest BCUT2D eigenvalue weighted by atomic mass is 16.3. The van der Waals surface area contributed by atoms with Crippen molar-refractivity contribution in [2.45, 2.75) is 0 Å². The SMILES string of the molecule is O=C(Nc1cccc(O)c1O)c1ccccc1. The first-order valence-corrected chi connectivity index (χ1v) is 5.06. The summed E-state index contributed by atoms with van der Waals surface area (Å²) in [4.78, 5) is 11.8. The first-order chi connectivity index (χ1) is 8.18. The van der Waals surface area contributed by atoms with Gasteiger partial charge in [0.2, 0.25) is 0 Å². The normalized spacial score (nSPS) is 9.88. The van der Waals surface area contributed by atoms with Crippen LogP contribution in [0.4, 0.5) is 5.69 Å². The lowest BCUT2D eigenvalue weighted by Crippen LogP contribution is -2.11. The first kappa shape index (κ1) is 11.0. The Labute approximate surface area is 98.2 Å². The number of phenols is 2. The van der Waals surface area contributed by atoms with Crippen molar-refractivity contribution in [1.29, 1.82) is 0 Å². The summed E-state index contributed by atoms with van der Waals surface area (Å²) in [5.74, 6) is -0.945. The van der Waals surface area contributed by atoms with Crippen LogP contribution in [0, 0.1) is 0 Å². The van der Waals surface area contributed by atoms with Crippen molar-refractivity contribution in [2.24, 2.45) is 0 Å². The lowest BCUT2D eigenvalue weighted by atomic mass is 10.2. The van der Waals surface area contributed by atoms with Crippen LogP contribution in [0.5, 0.6) is 11.5 Å². The van der Waals surface area contributed by atoms with Gasteiger partial charge in [0.1, 0.15) is 0 Å². The molecule has 0 aliphatic rings. The smallest absolute Gasteiger partial charge is 0.255 e. The molecule has 0 aromatic heterocycles. The number of carbonyl (C=O) groups excluding carboxylic acids is 1. The molecule has 0 aliphatic heterocycles. The maximum Gasteiger partial charge on any atom is 0.255 e. The minimum atomic E-state index is -0.341. The number of benzene rings is 2. The van der Waals surface area contributed by atoms with Gasteiger partial charge in [-0.15, -0.1) is 0 Å². The Bertz CT molecular complexity index is 538. The fourth-order valence-corrected chi connectivity index (χ4v) is 1.42. The maximum absolute atomic E-state index is 11.8. The summed E-state index contributed by atoms with van der Waals surface area (Å²) in [6, 6.07) is 13.0. The van der Waals surface area contributed by atoms with E-state index in [0.717, 1.165) is 0 Å². The predicted octanol–water partition coefficient (Wildman–Crippen LogP) is 2.35. The van der Waals surface area contributed by atoms with Crippen molar-refractivity contribution in [1.82, 2.24) is 0 Å². The Morgan fingerprint density at radius 1 is 0.941 bits per heavy atom. The van der Waals surface area contributed by atoms with Gasteiger partial charge in [0.15, 0.2) is 11.5 Å². The molecule has 17 heavy (non-hydrogen) atoms. The van der Waals surface area contributed by atoms with Gasteiger partial charge >= 0.3 is 0 Å². The number of para-hydroxylation sites is 1. The van der Waals surface area contributed by atoms with Gasteiger partial charge in [-0.2, -0.15) is 0 Å². The molecule has 0 aliphatic carbocycles. The summed E-state index contributed by atoms with van der Waals surface area (Å²) in [6.07, 6.45) is 0. The third-order valence-corrected chi connectivity index (χ3v) is 2.30. The zero-order chi connectivity index (χ0) is 12.3. The Balaban J connectivity index is 2.22. The molecule has 86 valence electrons. The van der Waals surface area contributed by atoms with Crippen molar-refractivity contribution in [2.75, 3.05) is 5.32 Å². The Morgan fingerprint density at radius 3 is 2.35 bits per heavy atom. The zero-order valence-corrected chi connectivity index (χ0v) is 8.92. The summed E-state index contributed by atoms with van der Waals surface area (Å²) >= 11 is 0. The van der Waals surface area contributed by atoms with E-state index in [-0.39, 0.29) is 23.1 Å². The summed E-state index contributed by atoms with van der Waals surface area (Å²) in [6.45, 7) is 0. The van der Waals surface area contributed by atoms with Gasteiger partial charge in [0, 0.05) is 5.56 Å². The molecule has 0 bridgehead atoms. The zero-order valence-electron chi connectivity index (χ0n) is 8.92. The molecule has 0 spiro atoms. The molecule has 0 unspecified atom stereocenters. The van der Waals surface area contributed by atoms with Crippen LogP contribution in [0.3, 0.4) is 0 Å².